The number of aromatic nitrogens is 4. The summed E-state index contributed by atoms with van der Waals surface area (Å²) >= 11 is 0. The third-order valence-corrected chi connectivity index (χ3v) is 2.71. The van der Waals surface area contributed by atoms with E-state index in [1.807, 2.05) is 0 Å². The maximum Gasteiger partial charge on any atom is 0.182 e. The largest absolute Gasteiger partial charge is 0.182 e. The van der Waals surface area contributed by atoms with Crippen LogP contribution in [0.15, 0.2) is 24.3 Å². The number of rotatable bonds is 3. The lowest BCUT2D eigenvalue weighted by Gasteiger charge is -2.17. The molecule has 1 aromatic heterocycles. The molecule has 1 unspecified atom stereocenters. The van der Waals surface area contributed by atoms with Crippen LogP contribution in [0.1, 0.15) is 36.7 Å². The van der Waals surface area contributed by atoms with Crippen LogP contribution in [0, 0.1) is 12.8 Å². The van der Waals surface area contributed by atoms with Gasteiger partial charge in [0.2, 0.25) is 0 Å². The molecule has 2 rings (SSSR count). The number of benzene rings is 1. The zero-order valence-corrected chi connectivity index (χ0v) is 9.81. The van der Waals surface area contributed by atoms with Gasteiger partial charge in [0.1, 0.15) is 0 Å². The van der Waals surface area contributed by atoms with Crippen LogP contribution in [0.2, 0.25) is 0 Å². The van der Waals surface area contributed by atoms with Gasteiger partial charge in [-0.1, -0.05) is 48.9 Å². The Kier molecular flexibility index (Phi) is 2.99. The van der Waals surface area contributed by atoms with Crippen molar-refractivity contribution in [3.8, 4) is 0 Å². The van der Waals surface area contributed by atoms with E-state index in [-0.39, 0.29) is 5.92 Å². The third-order valence-electron chi connectivity index (χ3n) is 2.71. The van der Waals surface area contributed by atoms with Crippen LogP contribution >= 0.6 is 0 Å². The van der Waals surface area contributed by atoms with Gasteiger partial charge in [-0.25, -0.2) is 0 Å². The summed E-state index contributed by atoms with van der Waals surface area (Å²) in [6.45, 7) is 6.43. The molecule has 0 amide bonds. The summed E-state index contributed by atoms with van der Waals surface area (Å²) in [5, 5.41) is 14.3. The predicted octanol–water partition coefficient (Wildman–Crippen LogP) is 2.30. The van der Waals surface area contributed by atoms with E-state index < -0.39 is 0 Å². The van der Waals surface area contributed by atoms with Gasteiger partial charge in [0, 0.05) is 0 Å². The van der Waals surface area contributed by atoms with Crippen molar-refractivity contribution >= 4 is 0 Å². The molecule has 84 valence electrons. The molecule has 0 spiro atoms. The fourth-order valence-electron chi connectivity index (χ4n) is 2.00. The topological polar surface area (TPSA) is 54.5 Å². The minimum atomic E-state index is 0.207. The van der Waals surface area contributed by atoms with Gasteiger partial charge in [0.15, 0.2) is 5.82 Å². The summed E-state index contributed by atoms with van der Waals surface area (Å²) in [5.74, 6) is 1.42. The minimum absolute atomic E-state index is 0.207. The second-order valence-corrected chi connectivity index (χ2v) is 4.41. The number of aryl methyl sites for hydroxylation is 1. The van der Waals surface area contributed by atoms with E-state index in [0.717, 1.165) is 5.82 Å². The van der Waals surface area contributed by atoms with Gasteiger partial charge >= 0.3 is 0 Å². The minimum Gasteiger partial charge on any atom is -0.177 e. The molecule has 0 aliphatic heterocycles. The molecule has 1 atom stereocenters. The highest BCUT2D eigenvalue weighted by molar-refractivity contribution is 5.29. The fourth-order valence-corrected chi connectivity index (χ4v) is 2.00. The van der Waals surface area contributed by atoms with Crippen LogP contribution in [0.5, 0.6) is 0 Å². The summed E-state index contributed by atoms with van der Waals surface area (Å²) in [4.78, 5) is 0. The average Bonchev–Trinajstić information content (AvgIpc) is 2.71. The first-order valence-electron chi connectivity index (χ1n) is 5.48. The van der Waals surface area contributed by atoms with Crippen molar-refractivity contribution in [2.24, 2.45) is 5.92 Å². The predicted molar refractivity (Wildman–Crippen MR) is 62.0 cm³/mol. The number of hydrogen-bond acceptors (Lipinski definition) is 3. The van der Waals surface area contributed by atoms with Gasteiger partial charge in [-0.2, -0.15) is 5.21 Å². The number of H-pyrrole nitrogens is 1. The van der Waals surface area contributed by atoms with E-state index in [1.54, 1.807) is 0 Å². The molecule has 2 aromatic rings. The molecule has 1 aromatic carbocycles. The zero-order chi connectivity index (χ0) is 11.5. The molecule has 0 saturated carbocycles. The first kappa shape index (κ1) is 10.8. The lowest BCUT2D eigenvalue weighted by atomic mass is 9.87. The molecule has 4 heteroatoms. The van der Waals surface area contributed by atoms with Crippen molar-refractivity contribution < 1.29 is 0 Å². The monoisotopic (exact) mass is 216 g/mol. The lowest BCUT2D eigenvalue weighted by Crippen LogP contribution is -2.10. The number of hydrogen-bond donors (Lipinski definition) is 1. The van der Waals surface area contributed by atoms with Crippen molar-refractivity contribution in [3.63, 3.8) is 0 Å². The molecule has 1 N–H and O–H groups in total. The van der Waals surface area contributed by atoms with Crippen LogP contribution in [0.4, 0.5) is 0 Å². The Balaban J connectivity index is 2.41. The van der Waals surface area contributed by atoms with Crippen LogP contribution in [-0.4, -0.2) is 20.6 Å². The normalized spacial score (nSPS) is 13.0. The van der Waals surface area contributed by atoms with E-state index in [2.05, 4.69) is 65.7 Å². The smallest absolute Gasteiger partial charge is 0.177 e. The lowest BCUT2D eigenvalue weighted by molar-refractivity contribution is 0.539. The van der Waals surface area contributed by atoms with Crippen molar-refractivity contribution in [2.45, 2.75) is 26.7 Å². The molecule has 16 heavy (non-hydrogen) atoms. The molecular formula is C12H16N4. The van der Waals surface area contributed by atoms with Gasteiger partial charge < -0.3 is 0 Å². The van der Waals surface area contributed by atoms with Gasteiger partial charge in [-0.15, -0.1) is 10.2 Å². The maximum atomic E-state index is 4.10. The van der Waals surface area contributed by atoms with Crippen LogP contribution in [0.25, 0.3) is 0 Å². The van der Waals surface area contributed by atoms with Crippen molar-refractivity contribution in [1.29, 1.82) is 0 Å². The Morgan fingerprint density at radius 1 is 1.25 bits per heavy atom. The average molecular weight is 216 g/mol. The van der Waals surface area contributed by atoms with E-state index in [1.165, 1.54) is 11.1 Å². The summed E-state index contributed by atoms with van der Waals surface area (Å²) < 4.78 is 0. The SMILES string of the molecule is Cc1cccc(C(c2nn[nH]n2)C(C)C)c1. The standard InChI is InChI=1S/C12H16N4/c1-8(2)11(12-13-15-16-14-12)10-6-4-5-9(3)7-10/h4-8,11H,1-3H3,(H,13,14,15,16). The molecule has 0 radical (unpaired) electrons. The van der Waals surface area contributed by atoms with E-state index in [0.29, 0.717) is 5.92 Å². The Morgan fingerprint density at radius 3 is 2.62 bits per heavy atom. The van der Waals surface area contributed by atoms with E-state index >= 15 is 0 Å². The van der Waals surface area contributed by atoms with Crippen molar-refractivity contribution in [2.75, 3.05) is 0 Å². The van der Waals surface area contributed by atoms with Gasteiger partial charge in [0.05, 0.1) is 5.92 Å². The highest BCUT2D eigenvalue weighted by atomic mass is 15.5. The number of nitrogens with one attached hydrogen (secondary N) is 1. The Hall–Kier alpha value is -1.71. The molecule has 4 nitrogen and oxygen atoms in total. The first-order valence-corrected chi connectivity index (χ1v) is 5.48. The molecule has 0 aliphatic rings. The van der Waals surface area contributed by atoms with Crippen molar-refractivity contribution in [3.05, 3.63) is 41.2 Å². The summed E-state index contributed by atoms with van der Waals surface area (Å²) in [6.07, 6.45) is 0. The number of nitrogens with zero attached hydrogens (tertiary/aromatic N) is 3. The van der Waals surface area contributed by atoms with Crippen molar-refractivity contribution in [1.82, 2.24) is 20.6 Å². The summed E-state index contributed by atoms with van der Waals surface area (Å²) in [6, 6.07) is 8.46. The van der Waals surface area contributed by atoms with Gasteiger partial charge in [0.25, 0.3) is 0 Å². The Morgan fingerprint density at radius 2 is 2.06 bits per heavy atom. The molecule has 0 aliphatic carbocycles. The number of aromatic amines is 1. The Labute approximate surface area is 95.1 Å². The van der Waals surface area contributed by atoms with E-state index in [9.17, 15) is 0 Å². The molecular weight excluding hydrogens is 200 g/mol. The Bertz CT molecular complexity index is 448. The van der Waals surface area contributed by atoms with Gasteiger partial charge in [-0.3, -0.25) is 0 Å². The summed E-state index contributed by atoms with van der Waals surface area (Å²) in [5.41, 5.74) is 2.50. The highest BCUT2D eigenvalue weighted by Crippen LogP contribution is 2.29. The van der Waals surface area contributed by atoms with Crippen LogP contribution in [-0.2, 0) is 0 Å². The first-order chi connectivity index (χ1) is 7.68. The molecule has 0 bridgehead atoms. The van der Waals surface area contributed by atoms with E-state index in [4.69, 9.17) is 0 Å². The van der Waals surface area contributed by atoms with Crippen LogP contribution in [0.3, 0.4) is 0 Å². The second kappa shape index (κ2) is 4.43. The fraction of sp³-hybridized carbons (Fsp3) is 0.417. The summed E-state index contributed by atoms with van der Waals surface area (Å²) in [7, 11) is 0. The molecule has 0 fully saturated rings. The maximum absolute atomic E-state index is 4.10. The zero-order valence-electron chi connectivity index (χ0n) is 9.81. The van der Waals surface area contributed by atoms with Crippen LogP contribution < -0.4 is 0 Å². The highest BCUT2D eigenvalue weighted by Gasteiger charge is 2.22. The quantitative estimate of drug-likeness (QED) is 0.856. The third kappa shape index (κ3) is 2.10. The second-order valence-electron chi connectivity index (χ2n) is 4.41. The molecule has 1 heterocycles. The molecule has 0 saturated heterocycles. The number of tetrazole rings is 1. The van der Waals surface area contributed by atoms with Gasteiger partial charge in [-0.05, 0) is 18.4 Å².